The number of fused-ring (bicyclic) bond motifs is 2. The van der Waals surface area contributed by atoms with E-state index in [1.54, 1.807) is 7.05 Å². The largest absolute Gasteiger partial charge is 0.454 e. The van der Waals surface area contributed by atoms with Crippen molar-refractivity contribution in [2.24, 2.45) is 14.1 Å². The Morgan fingerprint density at radius 3 is 2.79 bits per heavy atom. The predicted molar refractivity (Wildman–Crippen MR) is 104 cm³/mol. The first-order chi connectivity index (χ1) is 13.9. The third-order valence-corrected chi connectivity index (χ3v) is 4.91. The molecule has 0 saturated carbocycles. The zero-order valence-corrected chi connectivity index (χ0v) is 16.2. The number of benzene rings is 1. The molecule has 0 unspecified atom stereocenters. The summed E-state index contributed by atoms with van der Waals surface area (Å²) in [6.45, 7) is 0.593. The second kappa shape index (κ2) is 7.46. The van der Waals surface area contributed by atoms with Crippen molar-refractivity contribution in [2.75, 3.05) is 13.3 Å². The van der Waals surface area contributed by atoms with Gasteiger partial charge in [-0.05, 0) is 24.1 Å². The molecule has 3 aromatic rings. The van der Waals surface area contributed by atoms with Crippen LogP contribution < -0.4 is 26.0 Å². The fourth-order valence-corrected chi connectivity index (χ4v) is 3.26. The van der Waals surface area contributed by atoms with Gasteiger partial charge in [0.1, 0.15) is 11.3 Å². The molecule has 2 aromatic heterocycles. The van der Waals surface area contributed by atoms with E-state index in [1.165, 1.54) is 11.6 Å². The lowest BCUT2D eigenvalue weighted by Crippen LogP contribution is -2.36. The maximum Gasteiger partial charge on any atom is 0.332 e. The molecule has 1 aliphatic heterocycles. The van der Waals surface area contributed by atoms with E-state index in [0.717, 1.165) is 15.9 Å². The van der Waals surface area contributed by atoms with Crippen LogP contribution >= 0.6 is 0 Å². The van der Waals surface area contributed by atoms with Crippen LogP contribution in [0.4, 0.5) is 0 Å². The van der Waals surface area contributed by atoms with E-state index < -0.39 is 11.2 Å². The topological polar surface area (TPSA) is 120 Å². The summed E-state index contributed by atoms with van der Waals surface area (Å²) in [5.41, 5.74) is 0.728. The Kier molecular flexibility index (Phi) is 4.83. The first kappa shape index (κ1) is 18.8. The standard InChI is InChI=1S/C19H21N5O5/c1-23-17-16(18(26)24(2)19(23)27)21-14(22-17)7-8-20-15(25)6-4-11-3-5-12-13(9-11)29-10-28-12/h3,5,9H,4,6-8,10H2,1-2H3,(H,20,25)(H,21,22). The molecular weight excluding hydrogens is 378 g/mol. The highest BCUT2D eigenvalue weighted by atomic mass is 16.7. The van der Waals surface area contributed by atoms with Gasteiger partial charge in [0.2, 0.25) is 12.7 Å². The van der Waals surface area contributed by atoms with Crippen LogP contribution in [0.25, 0.3) is 11.2 Å². The normalized spacial score (nSPS) is 12.5. The van der Waals surface area contributed by atoms with Gasteiger partial charge in [0.05, 0.1) is 0 Å². The Labute approximate surface area is 165 Å². The Bertz CT molecular complexity index is 1210. The number of hydrogen-bond acceptors (Lipinski definition) is 6. The van der Waals surface area contributed by atoms with Gasteiger partial charge in [-0.15, -0.1) is 0 Å². The Hall–Kier alpha value is -3.56. The lowest BCUT2D eigenvalue weighted by molar-refractivity contribution is -0.121. The second-order valence-electron chi connectivity index (χ2n) is 6.88. The van der Waals surface area contributed by atoms with Crippen LogP contribution in [-0.2, 0) is 31.7 Å². The molecule has 0 saturated heterocycles. The summed E-state index contributed by atoms with van der Waals surface area (Å²) >= 11 is 0. The maximum atomic E-state index is 12.2. The van der Waals surface area contributed by atoms with Crippen LogP contribution in [0.3, 0.4) is 0 Å². The zero-order valence-electron chi connectivity index (χ0n) is 16.2. The van der Waals surface area contributed by atoms with Gasteiger partial charge in [-0.1, -0.05) is 6.07 Å². The van der Waals surface area contributed by atoms with Gasteiger partial charge >= 0.3 is 5.69 Å². The lowest BCUT2D eigenvalue weighted by atomic mass is 10.1. The van der Waals surface area contributed by atoms with Crippen molar-refractivity contribution >= 4 is 17.1 Å². The average Bonchev–Trinajstić information content (AvgIpc) is 3.36. The highest BCUT2D eigenvalue weighted by molar-refractivity contribution is 5.76. The number of H-pyrrole nitrogens is 1. The van der Waals surface area contributed by atoms with E-state index >= 15 is 0 Å². The van der Waals surface area contributed by atoms with Crippen molar-refractivity contribution in [3.05, 3.63) is 50.4 Å². The van der Waals surface area contributed by atoms with Gasteiger partial charge in [-0.2, -0.15) is 0 Å². The summed E-state index contributed by atoms with van der Waals surface area (Å²) in [7, 11) is 2.98. The Morgan fingerprint density at radius 1 is 1.17 bits per heavy atom. The summed E-state index contributed by atoms with van der Waals surface area (Å²) in [4.78, 5) is 43.5. The summed E-state index contributed by atoms with van der Waals surface area (Å²) in [6.07, 6.45) is 1.35. The monoisotopic (exact) mass is 399 g/mol. The minimum atomic E-state index is -0.433. The van der Waals surface area contributed by atoms with Gasteiger partial charge in [0.15, 0.2) is 17.1 Å². The number of nitrogens with one attached hydrogen (secondary N) is 2. The third kappa shape index (κ3) is 3.60. The number of hydrogen-bond donors (Lipinski definition) is 2. The molecule has 0 spiro atoms. The number of nitrogens with zero attached hydrogens (tertiary/aromatic N) is 3. The first-order valence-corrected chi connectivity index (χ1v) is 9.24. The summed E-state index contributed by atoms with van der Waals surface area (Å²) in [6, 6.07) is 5.64. The van der Waals surface area contributed by atoms with Gasteiger partial charge in [0.25, 0.3) is 5.56 Å². The molecule has 0 fully saturated rings. The van der Waals surface area contributed by atoms with Gasteiger partial charge in [0, 0.05) is 33.5 Å². The number of aryl methyl sites for hydroxylation is 2. The van der Waals surface area contributed by atoms with Crippen LogP contribution in [0.2, 0.25) is 0 Å². The minimum Gasteiger partial charge on any atom is -0.454 e. The molecular formula is C19H21N5O5. The molecule has 1 aromatic carbocycles. The Morgan fingerprint density at radius 2 is 1.97 bits per heavy atom. The molecule has 10 nitrogen and oxygen atoms in total. The number of carbonyl (C=O) groups excluding carboxylic acids is 1. The fraction of sp³-hybridized carbons (Fsp3) is 0.368. The van der Waals surface area contributed by atoms with Gasteiger partial charge in [-0.25, -0.2) is 9.78 Å². The van der Waals surface area contributed by atoms with Crippen molar-refractivity contribution in [1.29, 1.82) is 0 Å². The molecule has 0 radical (unpaired) electrons. The number of ether oxygens (including phenoxy) is 2. The van der Waals surface area contributed by atoms with Crippen molar-refractivity contribution in [3.63, 3.8) is 0 Å². The van der Waals surface area contributed by atoms with Crippen LogP contribution in [0, 0.1) is 0 Å². The van der Waals surface area contributed by atoms with E-state index in [1.807, 2.05) is 18.2 Å². The summed E-state index contributed by atoms with van der Waals surface area (Å²) in [5, 5.41) is 2.84. The highest BCUT2D eigenvalue weighted by Gasteiger charge is 2.15. The second-order valence-corrected chi connectivity index (χ2v) is 6.88. The molecule has 1 amide bonds. The number of amides is 1. The Balaban J connectivity index is 1.32. The lowest BCUT2D eigenvalue weighted by Gasteiger charge is -2.05. The highest BCUT2D eigenvalue weighted by Crippen LogP contribution is 2.32. The smallest absolute Gasteiger partial charge is 0.332 e. The maximum absolute atomic E-state index is 12.2. The van der Waals surface area contributed by atoms with E-state index in [0.29, 0.717) is 43.0 Å². The number of carbonyl (C=O) groups is 1. The SMILES string of the molecule is Cn1c(=O)c2[nH]c(CCNC(=O)CCc3ccc4c(c3)OCO4)nc2n(C)c1=O. The van der Waals surface area contributed by atoms with Gasteiger partial charge < -0.3 is 19.8 Å². The van der Waals surface area contributed by atoms with Crippen LogP contribution in [0.5, 0.6) is 11.5 Å². The van der Waals surface area contributed by atoms with E-state index in [-0.39, 0.29) is 18.2 Å². The number of rotatable bonds is 6. The number of aromatic amines is 1. The molecule has 0 bridgehead atoms. The zero-order chi connectivity index (χ0) is 20.5. The van der Waals surface area contributed by atoms with Crippen LogP contribution in [0.15, 0.2) is 27.8 Å². The van der Waals surface area contributed by atoms with E-state index in [9.17, 15) is 14.4 Å². The van der Waals surface area contributed by atoms with Crippen LogP contribution in [0.1, 0.15) is 17.8 Å². The van der Waals surface area contributed by atoms with Crippen molar-refractivity contribution in [2.45, 2.75) is 19.3 Å². The number of imidazole rings is 1. The molecule has 0 atom stereocenters. The third-order valence-electron chi connectivity index (χ3n) is 4.91. The molecule has 2 N–H and O–H groups in total. The van der Waals surface area contributed by atoms with Crippen molar-refractivity contribution < 1.29 is 14.3 Å². The molecule has 29 heavy (non-hydrogen) atoms. The molecule has 0 aliphatic carbocycles. The summed E-state index contributed by atoms with van der Waals surface area (Å²) in [5.74, 6) is 1.88. The first-order valence-electron chi connectivity index (χ1n) is 9.24. The van der Waals surface area contributed by atoms with Crippen molar-refractivity contribution in [1.82, 2.24) is 24.4 Å². The molecule has 10 heteroatoms. The average molecular weight is 399 g/mol. The van der Waals surface area contributed by atoms with Gasteiger partial charge in [-0.3, -0.25) is 18.7 Å². The van der Waals surface area contributed by atoms with E-state index in [4.69, 9.17) is 9.47 Å². The fourth-order valence-electron chi connectivity index (χ4n) is 3.26. The van der Waals surface area contributed by atoms with Crippen molar-refractivity contribution in [3.8, 4) is 11.5 Å². The molecule has 4 rings (SSSR count). The van der Waals surface area contributed by atoms with E-state index in [2.05, 4.69) is 15.3 Å². The molecule has 152 valence electrons. The quantitative estimate of drug-likeness (QED) is 0.601. The minimum absolute atomic E-state index is 0.0814. The van der Waals surface area contributed by atoms with Crippen LogP contribution in [-0.4, -0.2) is 38.3 Å². The molecule has 1 aliphatic rings. The number of aromatic nitrogens is 4. The molecule has 3 heterocycles. The summed E-state index contributed by atoms with van der Waals surface area (Å²) < 4.78 is 13.0. The predicted octanol–water partition coefficient (Wildman–Crippen LogP) is -0.0195.